The fourth-order valence-corrected chi connectivity index (χ4v) is 1.99. The van der Waals surface area contributed by atoms with Gasteiger partial charge >= 0.3 is 5.76 Å². The molecule has 0 aliphatic rings. The quantitative estimate of drug-likeness (QED) is 0.841. The molecule has 0 bridgehead atoms. The Hall–Kier alpha value is -2.28. The van der Waals surface area contributed by atoms with Gasteiger partial charge in [0.25, 0.3) is 0 Å². The number of fused-ring (bicyclic) bond motifs is 1. The zero-order valence-electron chi connectivity index (χ0n) is 11.3. The standard InChI is InChI=1S/C13H14ClN3O4/c1-2-15-11(18)6-16-12(19)7-17-9-4-3-8(14)5-10(9)21-13(17)20/h3-5H,2,6-7H2,1H3,(H,15,18)(H,16,19). The Balaban J connectivity index is 2.09. The van der Waals surface area contributed by atoms with Crippen LogP contribution >= 0.6 is 11.6 Å². The van der Waals surface area contributed by atoms with Crippen molar-refractivity contribution < 1.29 is 14.0 Å². The first kappa shape index (κ1) is 15.1. The van der Waals surface area contributed by atoms with Gasteiger partial charge in [0.2, 0.25) is 11.8 Å². The van der Waals surface area contributed by atoms with Gasteiger partial charge in [-0.05, 0) is 19.1 Å². The van der Waals surface area contributed by atoms with E-state index in [1.165, 1.54) is 10.6 Å². The maximum atomic E-state index is 11.8. The van der Waals surface area contributed by atoms with Crippen molar-refractivity contribution in [3.8, 4) is 0 Å². The number of amides is 2. The molecule has 7 nitrogen and oxygen atoms in total. The maximum absolute atomic E-state index is 11.8. The molecule has 0 radical (unpaired) electrons. The number of nitrogens with zero attached hydrogens (tertiary/aromatic N) is 1. The molecule has 0 aliphatic heterocycles. The molecule has 112 valence electrons. The van der Waals surface area contributed by atoms with Crippen LogP contribution in [0.3, 0.4) is 0 Å². The molecule has 0 spiro atoms. The number of oxazole rings is 1. The normalized spacial score (nSPS) is 10.6. The van der Waals surface area contributed by atoms with Crippen LogP contribution in [0.4, 0.5) is 0 Å². The van der Waals surface area contributed by atoms with Crippen LogP contribution < -0.4 is 16.4 Å². The average molecular weight is 312 g/mol. The number of likely N-dealkylation sites (N-methyl/N-ethyl adjacent to an activating group) is 1. The van der Waals surface area contributed by atoms with Crippen LogP contribution in [0, 0.1) is 0 Å². The number of aromatic nitrogens is 1. The molecule has 2 rings (SSSR count). The van der Waals surface area contributed by atoms with E-state index in [4.69, 9.17) is 16.0 Å². The second-order valence-electron chi connectivity index (χ2n) is 4.30. The van der Waals surface area contributed by atoms with Gasteiger partial charge in [0.15, 0.2) is 5.58 Å². The molecule has 0 aliphatic carbocycles. The van der Waals surface area contributed by atoms with E-state index in [1.807, 2.05) is 0 Å². The fourth-order valence-electron chi connectivity index (χ4n) is 1.83. The molecule has 2 N–H and O–H groups in total. The van der Waals surface area contributed by atoms with Gasteiger partial charge in [-0.25, -0.2) is 4.79 Å². The molecule has 0 unspecified atom stereocenters. The molecule has 0 atom stereocenters. The number of hydrogen-bond acceptors (Lipinski definition) is 4. The molecule has 1 heterocycles. The third-order valence-electron chi connectivity index (χ3n) is 2.75. The number of halogens is 1. The molecule has 0 saturated heterocycles. The minimum absolute atomic E-state index is 0.136. The first-order chi connectivity index (χ1) is 10.0. The molecule has 1 aromatic heterocycles. The lowest BCUT2D eigenvalue weighted by Gasteiger charge is -2.05. The largest absolute Gasteiger partial charge is 0.420 e. The van der Waals surface area contributed by atoms with Gasteiger partial charge in [-0.3, -0.25) is 14.2 Å². The predicted octanol–water partition coefficient (Wildman–Crippen LogP) is 0.500. The highest BCUT2D eigenvalue weighted by Gasteiger charge is 2.13. The van der Waals surface area contributed by atoms with Gasteiger partial charge < -0.3 is 15.1 Å². The summed E-state index contributed by atoms with van der Waals surface area (Å²) >= 11 is 5.81. The summed E-state index contributed by atoms with van der Waals surface area (Å²) in [6.07, 6.45) is 0. The minimum Gasteiger partial charge on any atom is -0.408 e. The van der Waals surface area contributed by atoms with Gasteiger partial charge in [0.05, 0.1) is 12.1 Å². The van der Waals surface area contributed by atoms with Crippen molar-refractivity contribution in [2.75, 3.05) is 13.1 Å². The summed E-state index contributed by atoms with van der Waals surface area (Å²) in [5.74, 6) is -1.40. The molecule has 8 heteroatoms. The molecular formula is C13H14ClN3O4. The van der Waals surface area contributed by atoms with Crippen molar-refractivity contribution in [2.24, 2.45) is 0 Å². The molecular weight excluding hydrogens is 298 g/mol. The highest BCUT2D eigenvalue weighted by molar-refractivity contribution is 6.31. The van der Waals surface area contributed by atoms with Gasteiger partial charge in [-0.1, -0.05) is 11.6 Å². The van der Waals surface area contributed by atoms with Gasteiger partial charge in [0, 0.05) is 17.6 Å². The summed E-state index contributed by atoms with van der Waals surface area (Å²) in [5, 5.41) is 5.42. The van der Waals surface area contributed by atoms with E-state index >= 15 is 0 Å². The van der Waals surface area contributed by atoms with E-state index in [2.05, 4.69) is 10.6 Å². The Labute approximate surface area is 124 Å². The average Bonchev–Trinajstić information content (AvgIpc) is 2.72. The van der Waals surface area contributed by atoms with E-state index in [0.717, 1.165) is 0 Å². The molecule has 2 aromatic rings. The number of rotatable bonds is 5. The van der Waals surface area contributed by atoms with Crippen molar-refractivity contribution in [1.29, 1.82) is 0 Å². The molecule has 0 fully saturated rings. The first-order valence-electron chi connectivity index (χ1n) is 6.33. The Bertz CT molecular complexity index is 735. The van der Waals surface area contributed by atoms with Crippen LogP contribution in [0.2, 0.25) is 5.02 Å². The summed E-state index contributed by atoms with van der Waals surface area (Å²) in [7, 11) is 0. The Morgan fingerprint density at radius 2 is 2.05 bits per heavy atom. The van der Waals surface area contributed by atoms with Crippen LogP contribution in [-0.2, 0) is 16.1 Å². The predicted molar refractivity (Wildman–Crippen MR) is 77.2 cm³/mol. The summed E-state index contributed by atoms with van der Waals surface area (Å²) < 4.78 is 6.19. The molecule has 0 saturated carbocycles. The second-order valence-corrected chi connectivity index (χ2v) is 4.73. The Morgan fingerprint density at radius 3 is 2.76 bits per heavy atom. The Morgan fingerprint density at radius 1 is 1.29 bits per heavy atom. The first-order valence-corrected chi connectivity index (χ1v) is 6.71. The number of benzene rings is 1. The molecule has 21 heavy (non-hydrogen) atoms. The zero-order valence-corrected chi connectivity index (χ0v) is 12.1. The van der Waals surface area contributed by atoms with Gasteiger partial charge in [-0.2, -0.15) is 0 Å². The van der Waals surface area contributed by atoms with Crippen LogP contribution in [0.15, 0.2) is 27.4 Å². The van der Waals surface area contributed by atoms with Crippen molar-refractivity contribution in [1.82, 2.24) is 15.2 Å². The molecule has 1 aromatic carbocycles. The lowest BCUT2D eigenvalue weighted by molar-refractivity contribution is -0.126. The number of nitrogens with one attached hydrogen (secondary N) is 2. The summed E-state index contributed by atoms with van der Waals surface area (Å²) in [6, 6.07) is 4.70. The number of hydrogen-bond donors (Lipinski definition) is 2. The smallest absolute Gasteiger partial charge is 0.408 e. The van der Waals surface area contributed by atoms with Crippen molar-refractivity contribution >= 4 is 34.5 Å². The van der Waals surface area contributed by atoms with Gasteiger partial charge in [-0.15, -0.1) is 0 Å². The van der Waals surface area contributed by atoms with Crippen molar-refractivity contribution in [3.63, 3.8) is 0 Å². The van der Waals surface area contributed by atoms with Crippen LogP contribution in [0.1, 0.15) is 6.92 Å². The third-order valence-corrected chi connectivity index (χ3v) is 2.99. The summed E-state index contributed by atoms with van der Waals surface area (Å²) in [6.45, 7) is 1.90. The third kappa shape index (κ3) is 3.63. The summed E-state index contributed by atoms with van der Waals surface area (Å²) in [5.41, 5.74) is 0.779. The molecule has 2 amide bonds. The summed E-state index contributed by atoms with van der Waals surface area (Å²) in [4.78, 5) is 34.7. The van der Waals surface area contributed by atoms with E-state index in [0.29, 0.717) is 22.7 Å². The SMILES string of the molecule is CCNC(=O)CNC(=O)Cn1c(=O)oc2cc(Cl)ccc21. The van der Waals surface area contributed by atoms with Gasteiger partial charge in [0.1, 0.15) is 6.54 Å². The second kappa shape index (κ2) is 6.45. The van der Waals surface area contributed by atoms with Crippen LogP contribution in [-0.4, -0.2) is 29.5 Å². The van der Waals surface area contributed by atoms with Crippen molar-refractivity contribution in [2.45, 2.75) is 13.5 Å². The Kier molecular flexibility index (Phi) is 4.64. The monoisotopic (exact) mass is 311 g/mol. The fraction of sp³-hybridized carbons (Fsp3) is 0.308. The van der Waals surface area contributed by atoms with Crippen LogP contribution in [0.5, 0.6) is 0 Å². The van der Waals surface area contributed by atoms with Crippen molar-refractivity contribution in [3.05, 3.63) is 33.8 Å². The van der Waals surface area contributed by atoms with E-state index < -0.39 is 11.7 Å². The highest BCUT2D eigenvalue weighted by atomic mass is 35.5. The maximum Gasteiger partial charge on any atom is 0.420 e. The lowest BCUT2D eigenvalue weighted by Crippen LogP contribution is -2.39. The van der Waals surface area contributed by atoms with E-state index in [9.17, 15) is 14.4 Å². The highest BCUT2D eigenvalue weighted by Crippen LogP contribution is 2.18. The number of carbonyl (C=O) groups excluding carboxylic acids is 2. The zero-order chi connectivity index (χ0) is 15.4. The number of carbonyl (C=O) groups is 2. The minimum atomic E-state index is -0.652. The topological polar surface area (TPSA) is 93.3 Å². The van der Waals surface area contributed by atoms with E-state index in [1.54, 1.807) is 19.1 Å². The lowest BCUT2D eigenvalue weighted by atomic mass is 10.3. The van der Waals surface area contributed by atoms with E-state index in [-0.39, 0.29) is 19.0 Å². The van der Waals surface area contributed by atoms with Crippen LogP contribution in [0.25, 0.3) is 11.1 Å².